The molecule has 0 bridgehead atoms. The summed E-state index contributed by atoms with van der Waals surface area (Å²) in [6, 6.07) is 20.2. The maximum atomic E-state index is 12.8. The van der Waals surface area contributed by atoms with Crippen LogP contribution in [0.1, 0.15) is 15.9 Å². The van der Waals surface area contributed by atoms with Gasteiger partial charge in [-0.15, -0.1) is 0 Å². The predicted molar refractivity (Wildman–Crippen MR) is 92.3 cm³/mol. The van der Waals surface area contributed by atoms with E-state index in [4.69, 9.17) is 0 Å². The van der Waals surface area contributed by atoms with Gasteiger partial charge in [0.1, 0.15) is 0 Å². The fraction of sp³-hybridized carbons (Fsp3) is 0.105. The largest absolute Gasteiger partial charge is 0.293 e. The molecular weight excluding hydrogens is 322 g/mol. The van der Waals surface area contributed by atoms with Crippen LogP contribution in [0.2, 0.25) is 0 Å². The lowest BCUT2D eigenvalue weighted by Gasteiger charge is -2.27. The molecule has 24 heavy (non-hydrogen) atoms. The molecule has 120 valence electrons. The first-order valence-electron chi connectivity index (χ1n) is 7.66. The molecule has 1 heterocycles. The second-order valence-corrected chi connectivity index (χ2v) is 7.78. The maximum Gasteiger partial charge on any atom is 0.244 e. The van der Waals surface area contributed by atoms with Gasteiger partial charge in [-0.3, -0.25) is 4.79 Å². The smallest absolute Gasteiger partial charge is 0.244 e. The van der Waals surface area contributed by atoms with Crippen LogP contribution in [0.5, 0.6) is 0 Å². The van der Waals surface area contributed by atoms with Crippen molar-refractivity contribution in [3.05, 3.63) is 77.9 Å². The zero-order valence-corrected chi connectivity index (χ0v) is 13.7. The number of benzene rings is 3. The molecule has 0 spiro atoms. The van der Waals surface area contributed by atoms with Gasteiger partial charge >= 0.3 is 0 Å². The highest BCUT2D eigenvalue weighted by atomic mass is 32.2. The first-order valence-corrected chi connectivity index (χ1v) is 9.10. The Kier molecular flexibility index (Phi) is 3.48. The van der Waals surface area contributed by atoms with Gasteiger partial charge in [-0.05, 0) is 34.5 Å². The Morgan fingerprint density at radius 1 is 0.875 bits per heavy atom. The van der Waals surface area contributed by atoms with E-state index in [0.29, 0.717) is 0 Å². The topological polar surface area (TPSA) is 54.5 Å². The van der Waals surface area contributed by atoms with Crippen LogP contribution in [0.15, 0.2) is 71.6 Å². The van der Waals surface area contributed by atoms with Crippen molar-refractivity contribution in [3.63, 3.8) is 0 Å². The zero-order chi connectivity index (χ0) is 16.7. The molecule has 0 fully saturated rings. The summed E-state index contributed by atoms with van der Waals surface area (Å²) in [6.07, 6.45) is 0. The Morgan fingerprint density at radius 3 is 2.42 bits per heavy atom. The summed E-state index contributed by atoms with van der Waals surface area (Å²) in [5.41, 5.74) is 1.15. The van der Waals surface area contributed by atoms with Gasteiger partial charge < -0.3 is 0 Å². The molecule has 5 heteroatoms. The second-order valence-electron chi connectivity index (χ2n) is 5.87. The standard InChI is InChI=1S/C19H15NO3S/c21-18-13-20(24(22,23)19-8-4-3-7-17(18)19)12-14-9-10-15-5-1-2-6-16(15)11-14/h1-11H,12-13H2. The fourth-order valence-electron chi connectivity index (χ4n) is 3.07. The number of nitrogens with zero attached hydrogens (tertiary/aromatic N) is 1. The molecule has 0 radical (unpaired) electrons. The molecule has 0 aromatic heterocycles. The molecule has 0 saturated heterocycles. The number of sulfonamides is 1. The number of fused-ring (bicyclic) bond motifs is 2. The lowest BCUT2D eigenvalue weighted by molar-refractivity contribution is 0.0954. The van der Waals surface area contributed by atoms with Crippen molar-refractivity contribution in [2.45, 2.75) is 11.4 Å². The summed E-state index contributed by atoms with van der Waals surface area (Å²) in [7, 11) is -3.65. The van der Waals surface area contributed by atoms with Crippen LogP contribution in [0.4, 0.5) is 0 Å². The Bertz CT molecular complexity index is 1060. The van der Waals surface area contributed by atoms with Crippen molar-refractivity contribution < 1.29 is 13.2 Å². The normalized spacial score (nSPS) is 16.9. The van der Waals surface area contributed by atoms with E-state index < -0.39 is 10.0 Å². The summed E-state index contributed by atoms with van der Waals surface area (Å²) in [6.45, 7) is 0.0689. The van der Waals surface area contributed by atoms with E-state index in [9.17, 15) is 13.2 Å². The minimum absolute atomic E-state index is 0.0991. The van der Waals surface area contributed by atoms with Crippen molar-refractivity contribution in [1.82, 2.24) is 4.31 Å². The van der Waals surface area contributed by atoms with Gasteiger partial charge in [-0.1, -0.05) is 48.5 Å². The van der Waals surface area contributed by atoms with E-state index in [1.807, 2.05) is 42.5 Å². The van der Waals surface area contributed by atoms with Crippen molar-refractivity contribution in [2.24, 2.45) is 0 Å². The third-order valence-corrected chi connectivity index (χ3v) is 6.15. The number of hydrogen-bond donors (Lipinski definition) is 0. The molecular formula is C19H15NO3S. The monoisotopic (exact) mass is 337 g/mol. The lowest BCUT2D eigenvalue weighted by atomic mass is 10.1. The van der Waals surface area contributed by atoms with E-state index in [-0.39, 0.29) is 29.3 Å². The van der Waals surface area contributed by atoms with Gasteiger partial charge in [0.2, 0.25) is 10.0 Å². The van der Waals surface area contributed by atoms with Crippen LogP contribution >= 0.6 is 0 Å². The highest BCUT2D eigenvalue weighted by Gasteiger charge is 2.35. The Balaban J connectivity index is 1.73. The van der Waals surface area contributed by atoms with Crippen LogP contribution in [-0.2, 0) is 16.6 Å². The van der Waals surface area contributed by atoms with Gasteiger partial charge in [0, 0.05) is 12.1 Å². The van der Waals surface area contributed by atoms with Crippen molar-refractivity contribution >= 4 is 26.6 Å². The molecule has 3 aromatic rings. The highest BCUT2D eigenvalue weighted by molar-refractivity contribution is 7.89. The summed E-state index contributed by atoms with van der Waals surface area (Å²) >= 11 is 0. The fourth-order valence-corrected chi connectivity index (χ4v) is 4.67. The van der Waals surface area contributed by atoms with Gasteiger partial charge in [-0.2, -0.15) is 4.31 Å². The van der Waals surface area contributed by atoms with Crippen molar-refractivity contribution in [1.29, 1.82) is 0 Å². The van der Waals surface area contributed by atoms with Gasteiger partial charge in [0.15, 0.2) is 5.78 Å². The Hall–Kier alpha value is -2.50. The van der Waals surface area contributed by atoms with E-state index in [1.165, 1.54) is 10.4 Å². The van der Waals surface area contributed by atoms with Crippen molar-refractivity contribution in [3.8, 4) is 0 Å². The van der Waals surface area contributed by atoms with E-state index in [1.54, 1.807) is 18.2 Å². The van der Waals surface area contributed by atoms with E-state index >= 15 is 0 Å². The summed E-state index contributed by atoms with van der Waals surface area (Å²) in [5.74, 6) is -0.166. The molecule has 1 aliphatic rings. The first-order chi connectivity index (χ1) is 11.6. The van der Waals surface area contributed by atoms with E-state index in [0.717, 1.165) is 16.3 Å². The molecule has 0 aliphatic carbocycles. The molecule has 0 saturated carbocycles. The summed E-state index contributed by atoms with van der Waals surface area (Å²) in [5, 5.41) is 2.15. The third kappa shape index (κ3) is 2.42. The molecule has 0 unspecified atom stereocenters. The van der Waals surface area contributed by atoms with Crippen LogP contribution in [0.3, 0.4) is 0 Å². The first kappa shape index (κ1) is 15.1. The molecule has 0 atom stereocenters. The minimum Gasteiger partial charge on any atom is -0.293 e. The number of rotatable bonds is 2. The quantitative estimate of drug-likeness (QED) is 0.721. The second kappa shape index (κ2) is 5.54. The third-order valence-electron chi connectivity index (χ3n) is 4.30. The van der Waals surface area contributed by atoms with Gasteiger partial charge in [-0.25, -0.2) is 8.42 Å². The zero-order valence-electron chi connectivity index (χ0n) is 12.8. The van der Waals surface area contributed by atoms with Crippen molar-refractivity contribution in [2.75, 3.05) is 6.54 Å². The lowest BCUT2D eigenvalue weighted by Crippen LogP contribution is -2.40. The number of Topliss-reactive ketones (excluding diaryl/α,β-unsaturated/α-hetero) is 1. The Labute approximate surface area is 140 Å². The Morgan fingerprint density at radius 2 is 1.58 bits per heavy atom. The van der Waals surface area contributed by atoms with Gasteiger partial charge in [0.25, 0.3) is 0 Å². The molecule has 4 nitrogen and oxygen atoms in total. The van der Waals surface area contributed by atoms with Crippen LogP contribution in [0, 0.1) is 0 Å². The minimum atomic E-state index is -3.65. The molecule has 3 aromatic carbocycles. The number of ketones is 1. The molecule has 0 N–H and O–H groups in total. The number of carbonyl (C=O) groups excluding carboxylic acids is 1. The predicted octanol–water partition coefficient (Wildman–Crippen LogP) is 3.23. The maximum absolute atomic E-state index is 12.8. The molecule has 0 amide bonds. The highest BCUT2D eigenvalue weighted by Crippen LogP contribution is 2.28. The number of hydrogen-bond acceptors (Lipinski definition) is 3. The van der Waals surface area contributed by atoms with Gasteiger partial charge in [0.05, 0.1) is 11.4 Å². The average Bonchev–Trinajstić information content (AvgIpc) is 2.60. The number of carbonyl (C=O) groups is 1. The van der Waals surface area contributed by atoms with Crippen LogP contribution < -0.4 is 0 Å². The average molecular weight is 337 g/mol. The van der Waals surface area contributed by atoms with E-state index in [2.05, 4.69) is 0 Å². The summed E-state index contributed by atoms with van der Waals surface area (Å²) < 4.78 is 26.8. The summed E-state index contributed by atoms with van der Waals surface area (Å²) in [4.78, 5) is 12.4. The molecule has 1 aliphatic heterocycles. The van der Waals surface area contributed by atoms with Crippen LogP contribution in [0.25, 0.3) is 10.8 Å². The SMILES string of the molecule is O=C1CN(Cc2ccc3ccccc3c2)S(=O)(=O)c2ccccc21. The molecule has 4 rings (SSSR count). The van der Waals surface area contributed by atoms with Crippen LogP contribution in [-0.4, -0.2) is 25.1 Å².